The van der Waals surface area contributed by atoms with E-state index in [9.17, 15) is 9.90 Å². The molecule has 17 heavy (non-hydrogen) atoms. The quantitative estimate of drug-likeness (QED) is 0.864. The van der Waals surface area contributed by atoms with E-state index in [1.54, 1.807) is 6.07 Å². The monoisotopic (exact) mass is 255 g/mol. The van der Waals surface area contributed by atoms with Crippen LogP contribution in [-0.4, -0.2) is 39.8 Å². The molecule has 1 saturated heterocycles. The lowest BCUT2D eigenvalue weighted by atomic mass is 9.95. The second-order valence-corrected chi connectivity index (χ2v) is 6.05. The molecule has 1 fully saturated rings. The summed E-state index contributed by atoms with van der Waals surface area (Å²) in [5.74, 6) is -0.869. The minimum Gasteiger partial charge on any atom is -0.477 e. The second kappa shape index (κ2) is 4.76. The Hall–Kier alpha value is -0.910. The highest BCUT2D eigenvalue weighted by molar-refractivity contribution is 7.13. The number of aromatic carboxylic acids is 1. The number of hydrogen-bond donors (Lipinski definition) is 2. The summed E-state index contributed by atoms with van der Waals surface area (Å²) in [6.07, 6.45) is 1.83. The van der Waals surface area contributed by atoms with Gasteiger partial charge in [-0.1, -0.05) is 0 Å². The molecule has 0 spiro atoms. The van der Waals surface area contributed by atoms with Gasteiger partial charge in [-0.2, -0.15) is 0 Å². The van der Waals surface area contributed by atoms with Crippen molar-refractivity contribution in [1.82, 2.24) is 4.90 Å². The van der Waals surface area contributed by atoms with Gasteiger partial charge in [0, 0.05) is 18.0 Å². The fourth-order valence-corrected chi connectivity index (χ4v) is 3.15. The predicted molar refractivity (Wildman–Crippen MR) is 66.4 cm³/mol. The summed E-state index contributed by atoms with van der Waals surface area (Å²) in [6, 6.07) is 3.50. The van der Waals surface area contributed by atoms with Gasteiger partial charge in [-0.15, -0.1) is 11.3 Å². The molecule has 5 heteroatoms. The Morgan fingerprint density at radius 3 is 2.94 bits per heavy atom. The van der Waals surface area contributed by atoms with E-state index < -0.39 is 11.6 Å². The first-order chi connectivity index (χ1) is 7.96. The lowest BCUT2D eigenvalue weighted by molar-refractivity contribution is -0.0178. The first kappa shape index (κ1) is 12.5. The summed E-state index contributed by atoms with van der Waals surface area (Å²) >= 11 is 1.31. The maximum Gasteiger partial charge on any atom is 0.345 e. The number of hydrogen-bond acceptors (Lipinski definition) is 4. The van der Waals surface area contributed by atoms with Crippen molar-refractivity contribution in [3.8, 4) is 0 Å². The van der Waals surface area contributed by atoms with Crippen LogP contribution < -0.4 is 0 Å². The van der Waals surface area contributed by atoms with Crippen LogP contribution in [-0.2, 0) is 6.54 Å². The molecule has 0 aliphatic carbocycles. The number of rotatable bonds is 3. The molecule has 2 rings (SSSR count). The van der Waals surface area contributed by atoms with E-state index in [1.807, 2.05) is 13.0 Å². The molecule has 94 valence electrons. The Bertz CT molecular complexity index is 414. The number of nitrogens with zero attached hydrogens (tertiary/aromatic N) is 1. The van der Waals surface area contributed by atoms with Gasteiger partial charge in [-0.05, 0) is 38.4 Å². The summed E-state index contributed by atoms with van der Waals surface area (Å²) < 4.78 is 0. The van der Waals surface area contributed by atoms with Gasteiger partial charge in [-0.3, -0.25) is 4.90 Å². The normalized spacial score (nSPS) is 26.0. The number of piperidine rings is 1. The molecule has 1 aliphatic heterocycles. The second-order valence-electron chi connectivity index (χ2n) is 4.88. The molecule has 0 aromatic carbocycles. The fourth-order valence-electron chi connectivity index (χ4n) is 2.26. The van der Waals surface area contributed by atoms with Crippen LogP contribution in [0.25, 0.3) is 0 Å². The average Bonchev–Trinajstić information content (AvgIpc) is 2.64. The van der Waals surface area contributed by atoms with E-state index >= 15 is 0 Å². The van der Waals surface area contributed by atoms with Crippen LogP contribution in [0.15, 0.2) is 12.1 Å². The Balaban J connectivity index is 1.98. The molecule has 1 aromatic heterocycles. The Morgan fingerprint density at radius 2 is 2.35 bits per heavy atom. The van der Waals surface area contributed by atoms with E-state index in [0.29, 0.717) is 11.4 Å². The lowest BCUT2D eigenvalue weighted by Crippen LogP contribution is -2.45. The third kappa shape index (κ3) is 3.28. The van der Waals surface area contributed by atoms with Crippen LogP contribution in [0, 0.1) is 0 Å². The van der Waals surface area contributed by atoms with Crippen molar-refractivity contribution in [2.45, 2.75) is 31.9 Å². The van der Waals surface area contributed by atoms with Crippen LogP contribution in [0.4, 0.5) is 0 Å². The number of aliphatic hydroxyl groups is 1. The summed E-state index contributed by atoms with van der Waals surface area (Å²) in [4.78, 5) is 14.4. The molecule has 2 heterocycles. The number of likely N-dealkylation sites (tertiary alicyclic amines) is 1. The molecular weight excluding hydrogens is 238 g/mol. The Labute approximate surface area is 104 Å². The highest BCUT2D eigenvalue weighted by Crippen LogP contribution is 2.24. The highest BCUT2D eigenvalue weighted by Gasteiger charge is 2.28. The van der Waals surface area contributed by atoms with Crippen molar-refractivity contribution in [1.29, 1.82) is 0 Å². The lowest BCUT2D eigenvalue weighted by Gasteiger charge is -2.36. The maximum absolute atomic E-state index is 10.8. The molecule has 0 bridgehead atoms. The Morgan fingerprint density at radius 1 is 1.59 bits per heavy atom. The highest BCUT2D eigenvalue weighted by atomic mass is 32.1. The van der Waals surface area contributed by atoms with Crippen molar-refractivity contribution in [3.05, 3.63) is 21.9 Å². The Kier molecular flexibility index (Phi) is 3.51. The van der Waals surface area contributed by atoms with Crippen molar-refractivity contribution in [2.75, 3.05) is 13.1 Å². The maximum atomic E-state index is 10.8. The number of β-amino-alcohol motifs (C(OH)–C–C–N with tert-alkyl or cyclic N) is 1. The molecule has 1 atom stereocenters. The van der Waals surface area contributed by atoms with Crippen molar-refractivity contribution in [3.63, 3.8) is 0 Å². The van der Waals surface area contributed by atoms with Crippen molar-refractivity contribution < 1.29 is 15.0 Å². The molecule has 0 radical (unpaired) electrons. The summed E-state index contributed by atoms with van der Waals surface area (Å²) in [7, 11) is 0. The van der Waals surface area contributed by atoms with Gasteiger partial charge in [0.1, 0.15) is 4.88 Å². The molecule has 0 amide bonds. The molecule has 1 aromatic rings. The summed E-state index contributed by atoms with van der Waals surface area (Å²) in [5.41, 5.74) is -0.606. The minimum absolute atomic E-state index is 0.378. The first-order valence-electron chi connectivity index (χ1n) is 5.73. The zero-order chi connectivity index (χ0) is 12.5. The zero-order valence-electron chi connectivity index (χ0n) is 9.85. The third-order valence-corrected chi connectivity index (χ3v) is 4.06. The SMILES string of the molecule is CC1(O)CCCN(Cc2ccc(C(=O)O)s2)C1. The van der Waals surface area contributed by atoms with Crippen molar-refractivity contribution in [2.24, 2.45) is 0 Å². The van der Waals surface area contributed by atoms with Crippen LogP contribution in [0.3, 0.4) is 0 Å². The van der Waals surface area contributed by atoms with Gasteiger partial charge in [0.25, 0.3) is 0 Å². The molecule has 4 nitrogen and oxygen atoms in total. The van der Waals surface area contributed by atoms with Gasteiger partial charge in [0.2, 0.25) is 0 Å². The van der Waals surface area contributed by atoms with Gasteiger partial charge in [0.15, 0.2) is 0 Å². The average molecular weight is 255 g/mol. The molecule has 2 N–H and O–H groups in total. The van der Waals surface area contributed by atoms with Gasteiger partial charge in [-0.25, -0.2) is 4.79 Å². The van der Waals surface area contributed by atoms with Gasteiger partial charge < -0.3 is 10.2 Å². The van der Waals surface area contributed by atoms with E-state index in [1.165, 1.54) is 11.3 Å². The predicted octanol–water partition coefficient (Wildman–Crippen LogP) is 1.79. The fraction of sp³-hybridized carbons (Fsp3) is 0.583. The number of carboxylic acids is 1. The smallest absolute Gasteiger partial charge is 0.345 e. The number of carboxylic acid groups (broad SMARTS) is 1. The van der Waals surface area contributed by atoms with Crippen LogP contribution in [0.1, 0.15) is 34.3 Å². The van der Waals surface area contributed by atoms with E-state index in [-0.39, 0.29) is 0 Å². The summed E-state index contributed by atoms with van der Waals surface area (Å²) in [6.45, 7) is 4.22. The van der Waals surface area contributed by atoms with Crippen LogP contribution in [0.2, 0.25) is 0 Å². The van der Waals surface area contributed by atoms with Crippen molar-refractivity contribution >= 4 is 17.3 Å². The molecular formula is C12H17NO3S. The van der Waals surface area contributed by atoms with Gasteiger partial charge >= 0.3 is 5.97 Å². The largest absolute Gasteiger partial charge is 0.477 e. The molecule has 1 unspecified atom stereocenters. The van der Waals surface area contributed by atoms with E-state index in [2.05, 4.69) is 4.90 Å². The molecule has 1 aliphatic rings. The minimum atomic E-state index is -0.869. The zero-order valence-corrected chi connectivity index (χ0v) is 10.7. The van der Waals surface area contributed by atoms with Crippen LogP contribution >= 0.6 is 11.3 Å². The third-order valence-electron chi connectivity index (χ3n) is 3.01. The first-order valence-corrected chi connectivity index (χ1v) is 6.55. The standard InChI is InChI=1S/C12H17NO3S/c1-12(16)5-2-6-13(8-12)7-9-3-4-10(17-9)11(14)15/h3-4,16H,2,5-8H2,1H3,(H,14,15). The van der Waals surface area contributed by atoms with Gasteiger partial charge in [0.05, 0.1) is 5.60 Å². The topological polar surface area (TPSA) is 60.8 Å². The number of thiophene rings is 1. The van der Waals surface area contributed by atoms with Crippen LogP contribution in [0.5, 0.6) is 0 Å². The summed E-state index contributed by atoms with van der Waals surface area (Å²) in [5, 5.41) is 18.8. The molecule has 0 saturated carbocycles. The van der Waals surface area contributed by atoms with E-state index in [0.717, 1.165) is 30.8 Å². The number of carbonyl (C=O) groups is 1. The van der Waals surface area contributed by atoms with E-state index in [4.69, 9.17) is 5.11 Å².